The summed E-state index contributed by atoms with van der Waals surface area (Å²) in [5.74, 6) is -0.228. The van der Waals surface area contributed by atoms with Crippen molar-refractivity contribution in [2.45, 2.75) is 19.4 Å². The van der Waals surface area contributed by atoms with Gasteiger partial charge in [-0.05, 0) is 6.42 Å². The second-order valence-electron chi connectivity index (χ2n) is 3.66. The molecule has 0 saturated heterocycles. The third kappa shape index (κ3) is 4.12. The molecule has 0 saturated carbocycles. The molecule has 5 heteroatoms. The minimum atomic E-state index is -0.114. The summed E-state index contributed by atoms with van der Waals surface area (Å²) < 4.78 is 0. The van der Waals surface area contributed by atoms with Gasteiger partial charge in [0.2, 0.25) is 11.8 Å². The van der Waals surface area contributed by atoms with Crippen LogP contribution in [0.15, 0.2) is 12.2 Å². The van der Waals surface area contributed by atoms with Crippen molar-refractivity contribution < 1.29 is 9.59 Å². The van der Waals surface area contributed by atoms with Gasteiger partial charge in [0.1, 0.15) is 0 Å². The minimum absolute atomic E-state index is 0.00362. The van der Waals surface area contributed by atoms with Gasteiger partial charge >= 0.3 is 0 Å². The van der Waals surface area contributed by atoms with E-state index in [1.54, 1.807) is 0 Å². The van der Waals surface area contributed by atoms with Crippen molar-refractivity contribution in [1.82, 2.24) is 10.6 Å². The van der Waals surface area contributed by atoms with Crippen LogP contribution in [-0.2, 0) is 9.59 Å². The van der Waals surface area contributed by atoms with E-state index in [1.807, 2.05) is 12.2 Å². The fourth-order valence-electron chi connectivity index (χ4n) is 1.48. The van der Waals surface area contributed by atoms with Gasteiger partial charge in [-0.3, -0.25) is 9.59 Å². The van der Waals surface area contributed by atoms with Crippen molar-refractivity contribution >= 4 is 11.8 Å². The molecule has 2 atom stereocenters. The lowest BCUT2D eigenvalue weighted by molar-refractivity contribution is -0.124. The van der Waals surface area contributed by atoms with Crippen LogP contribution in [0.3, 0.4) is 0 Å². The largest absolute Gasteiger partial charge is 0.355 e. The lowest BCUT2D eigenvalue weighted by atomic mass is 10.1. The molecule has 1 aliphatic carbocycles. The maximum atomic E-state index is 11.5. The van der Waals surface area contributed by atoms with Crippen molar-refractivity contribution in [3.8, 4) is 0 Å². The zero-order valence-corrected chi connectivity index (χ0v) is 8.82. The van der Waals surface area contributed by atoms with Crippen molar-refractivity contribution in [3.63, 3.8) is 0 Å². The Morgan fingerprint density at radius 1 is 1.33 bits per heavy atom. The predicted molar refractivity (Wildman–Crippen MR) is 56.9 cm³/mol. The van der Waals surface area contributed by atoms with Gasteiger partial charge in [0.25, 0.3) is 0 Å². The second-order valence-corrected chi connectivity index (χ2v) is 3.66. The van der Waals surface area contributed by atoms with Crippen LogP contribution in [0.1, 0.15) is 13.3 Å². The molecular formula is C10H17N3O2. The Labute approximate surface area is 89.1 Å². The summed E-state index contributed by atoms with van der Waals surface area (Å²) in [5.41, 5.74) is 5.63. The van der Waals surface area contributed by atoms with Crippen LogP contribution < -0.4 is 16.4 Å². The van der Waals surface area contributed by atoms with Gasteiger partial charge in [-0.1, -0.05) is 12.2 Å². The molecular weight excluding hydrogens is 194 g/mol. The van der Waals surface area contributed by atoms with Gasteiger partial charge < -0.3 is 16.4 Å². The van der Waals surface area contributed by atoms with Crippen LogP contribution in [0.5, 0.6) is 0 Å². The number of hydrogen-bond acceptors (Lipinski definition) is 3. The SMILES string of the molecule is CC(=O)NCCNC(=O)C1C=CC(N)C1. The summed E-state index contributed by atoms with van der Waals surface area (Å²) in [5, 5.41) is 5.34. The molecule has 0 aromatic carbocycles. The lowest BCUT2D eigenvalue weighted by Gasteiger charge is -2.10. The summed E-state index contributed by atoms with van der Waals surface area (Å²) >= 11 is 0. The zero-order valence-electron chi connectivity index (χ0n) is 8.82. The highest BCUT2D eigenvalue weighted by Gasteiger charge is 2.21. The molecule has 1 rings (SSSR count). The van der Waals surface area contributed by atoms with E-state index in [0.29, 0.717) is 19.5 Å². The van der Waals surface area contributed by atoms with Crippen LogP contribution in [0.25, 0.3) is 0 Å². The van der Waals surface area contributed by atoms with E-state index >= 15 is 0 Å². The Kier molecular flexibility index (Phi) is 4.30. The number of carbonyl (C=O) groups excluding carboxylic acids is 2. The number of rotatable bonds is 4. The summed E-state index contributed by atoms with van der Waals surface area (Å²) in [6.45, 7) is 2.36. The molecule has 0 spiro atoms. The quantitative estimate of drug-likeness (QED) is 0.418. The first kappa shape index (κ1) is 11.7. The first-order valence-corrected chi connectivity index (χ1v) is 5.05. The summed E-state index contributed by atoms with van der Waals surface area (Å²) in [4.78, 5) is 22.0. The van der Waals surface area contributed by atoms with E-state index in [0.717, 1.165) is 0 Å². The molecule has 0 aromatic rings. The van der Waals surface area contributed by atoms with Crippen molar-refractivity contribution in [3.05, 3.63) is 12.2 Å². The number of nitrogens with one attached hydrogen (secondary N) is 2. The van der Waals surface area contributed by atoms with E-state index in [-0.39, 0.29) is 23.8 Å². The normalized spacial score (nSPS) is 23.9. The fraction of sp³-hybridized carbons (Fsp3) is 0.600. The van der Waals surface area contributed by atoms with Gasteiger partial charge in [-0.25, -0.2) is 0 Å². The standard InChI is InChI=1S/C10H17N3O2/c1-7(14)12-4-5-13-10(15)8-2-3-9(11)6-8/h2-3,8-9H,4-6,11H2,1H3,(H,12,14)(H,13,15). The summed E-state index contributed by atoms with van der Waals surface area (Å²) in [6.07, 6.45) is 4.35. The first-order chi connectivity index (χ1) is 7.09. The zero-order chi connectivity index (χ0) is 11.3. The van der Waals surface area contributed by atoms with Crippen LogP contribution in [0, 0.1) is 5.92 Å². The van der Waals surface area contributed by atoms with Gasteiger partial charge in [-0.2, -0.15) is 0 Å². The maximum absolute atomic E-state index is 11.5. The minimum Gasteiger partial charge on any atom is -0.355 e. The fourth-order valence-corrected chi connectivity index (χ4v) is 1.48. The Balaban J connectivity index is 2.14. The van der Waals surface area contributed by atoms with Gasteiger partial charge in [0.15, 0.2) is 0 Å². The number of carbonyl (C=O) groups is 2. The molecule has 0 aromatic heterocycles. The monoisotopic (exact) mass is 211 g/mol. The van der Waals surface area contributed by atoms with Gasteiger partial charge in [0.05, 0.1) is 5.92 Å². The van der Waals surface area contributed by atoms with E-state index in [4.69, 9.17) is 5.73 Å². The Bertz CT molecular complexity index is 276. The predicted octanol–water partition coefficient (Wildman–Crippen LogP) is -0.858. The highest BCUT2D eigenvalue weighted by Crippen LogP contribution is 2.15. The molecule has 84 valence electrons. The topological polar surface area (TPSA) is 84.2 Å². The average molecular weight is 211 g/mol. The average Bonchev–Trinajstić information content (AvgIpc) is 2.59. The molecule has 0 radical (unpaired) electrons. The molecule has 15 heavy (non-hydrogen) atoms. The van der Waals surface area contributed by atoms with E-state index < -0.39 is 0 Å². The number of amides is 2. The Hall–Kier alpha value is -1.36. The Morgan fingerprint density at radius 2 is 2.00 bits per heavy atom. The molecule has 2 unspecified atom stereocenters. The van der Waals surface area contributed by atoms with Crippen molar-refractivity contribution in [2.24, 2.45) is 11.7 Å². The van der Waals surface area contributed by atoms with Gasteiger partial charge in [0, 0.05) is 26.1 Å². The number of nitrogens with two attached hydrogens (primary N) is 1. The molecule has 0 bridgehead atoms. The third-order valence-corrected chi connectivity index (χ3v) is 2.25. The Morgan fingerprint density at radius 3 is 2.53 bits per heavy atom. The molecule has 2 amide bonds. The molecule has 1 aliphatic rings. The van der Waals surface area contributed by atoms with E-state index in [9.17, 15) is 9.59 Å². The van der Waals surface area contributed by atoms with Gasteiger partial charge in [-0.15, -0.1) is 0 Å². The van der Waals surface area contributed by atoms with Crippen LogP contribution >= 0.6 is 0 Å². The molecule has 0 fully saturated rings. The van der Waals surface area contributed by atoms with E-state index in [1.165, 1.54) is 6.92 Å². The van der Waals surface area contributed by atoms with Crippen LogP contribution in [0.4, 0.5) is 0 Å². The molecule has 0 aliphatic heterocycles. The van der Waals surface area contributed by atoms with Crippen molar-refractivity contribution in [1.29, 1.82) is 0 Å². The summed E-state index contributed by atoms with van der Waals surface area (Å²) in [6, 6.07) is -0.00362. The number of hydrogen-bond donors (Lipinski definition) is 3. The van der Waals surface area contributed by atoms with Crippen LogP contribution in [0.2, 0.25) is 0 Å². The highest BCUT2D eigenvalue weighted by atomic mass is 16.2. The second kappa shape index (κ2) is 5.50. The lowest BCUT2D eigenvalue weighted by Crippen LogP contribution is -2.36. The summed E-state index contributed by atoms with van der Waals surface area (Å²) in [7, 11) is 0. The molecule has 4 N–H and O–H groups in total. The van der Waals surface area contributed by atoms with Crippen LogP contribution in [-0.4, -0.2) is 30.9 Å². The van der Waals surface area contributed by atoms with Crippen molar-refractivity contribution in [2.75, 3.05) is 13.1 Å². The van der Waals surface area contributed by atoms with E-state index in [2.05, 4.69) is 10.6 Å². The smallest absolute Gasteiger partial charge is 0.227 e. The molecule has 5 nitrogen and oxygen atoms in total. The molecule has 0 heterocycles. The first-order valence-electron chi connectivity index (χ1n) is 5.05. The maximum Gasteiger partial charge on any atom is 0.227 e. The third-order valence-electron chi connectivity index (χ3n) is 2.25. The highest BCUT2D eigenvalue weighted by molar-refractivity contribution is 5.81.